The van der Waals surface area contributed by atoms with Crippen molar-refractivity contribution in [2.24, 2.45) is 5.73 Å². The molecule has 0 fully saturated rings. The van der Waals surface area contributed by atoms with Crippen LogP contribution in [0.1, 0.15) is 39.3 Å². The molecule has 0 bridgehead atoms. The number of benzene rings is 1. The maximum atomic E-state index is 11.7. The van der Waals surface area contributed by atoms with Crippen LogP contribution in [0.25, 0.3) is 0 Å². The molecule has 4 nitrogen and oxygen atoms in total. The van der Waals surface area contributed by atoms with Crippen molar-refractivity contribution in [1.82, 2.24) is 5.32 Å². The summed E-state index contributed by atoms with van der Waals surface area (Å²) in [5, 5.41) is 3.42. The first-order valence-corrected chi connectivity index (χ1v) is 6.55. The predicted molar refractivity (Wildman–Crippen MR) is 77.4 cm³/mol. The van der Waals surface area contributed by atoms with Crippen LogP contribution in [0.5, 0.6) is 5.75 Å². The summed E-state index contributed by atoms with van der Waals surface area (Å²) in [5.41, 5.74) is 6.37. The van der Waals surface area contributed by atoms with Crippen molar-refractivity contribution in [2.45, 2.75) is 39.3 Å². The Balaban J connectivity index is 2.70. The van der Waals surface area contributed by atoms with Crippen LogP contribution < -0.4 is 15.8 Å². The Morgan fingerprint density at radius 1 is 1.47 bits per heavy atom. The van der Waals surface area contributed by atoms with Gasteiger partial charge >= 0.3 is 0 Å². The van der Waals surface area contributed by atoms with Crippen molar-refractivity contribution < 1.29 is 9.53 Å². The van der Waals surface area contributed by atoms with E-state index in [2.05, 4.69) is 5.32 Å². The first kappa shape index (κ1) is 15.8. The van der Waals surface area contributed by atoms with Gasteiger partial charge in [0.1, 0.15) is 5.75 Å². The average molecular weight is 285 g/mol. The largest absolute Gasteiger partial charge is 0.483 e. The molecule has 3 N–H and O–H groups in total. The van der Waals surface area contributed by atoms with Gasteiger partial charge < -0.3 is 15.8 Å². The third kappa shape index (κ3) is 5.49. The molecule has 1 aromatic carbocycles. The van der Waals surface area contributed by atoms with Gasteiger partial charge in [-0.05, 0) is 45.9 Å². The summed E-state index contributed by atoms with van der Waals surface area (Å²) in [6.45, 7) is 7.55. The Kier molecular flexibility index (Phi) is 5.20. The molecule has 0 spiro atoms. The molecular weight excluding hydrogens is 264 g/mol. The summed E-state index contributed by atoms with van der Waals surface area (Å²) in [5.74, 6) is 0.418. The van der Waals surface area contributed by atoms with E-state index in [9.17, 15) is 4.79 Å². The van der Waals surface area contributed by atoms with Crippen molar-refractivity contribution in [3.63, 3.8) is 0 Å². The molecular formula is C14H21ClN2O2. The van der Waals surface area contributed by atoms with Gasteiger partial charge in [0.15, 0.2) is 6.61 Å². The third-order valence-corrected chi connectivity index (χ3v) is 2.57. The summed E-state index contributed by atoms with van der Waals surface area (Å²) in [4.78, 5) is 11.7. The number of hydrogen-bond acceptors (Lipinski definition) is 3. The molecule has 0 radical (unpaired) electrons. The highest BCUT2D eigenvalue weighted by Gasteiger charge is 2.15. The highest BCUT2D eigenvalue weighted by molar-refractivity contribution is 6.30. The zero-order valence-electron chi connectivity index (χ0n) is 11.8. The van der Waals surface area contributed by atoms with Gasteiger partial charge in [0.05, 0.1) is 0 Å². The van der Waals surface area contributed by atoms with Crippen LogP contribution in [0.2, 0.25) is 5.02 Å². The summed E-state index contributed by atoms with van der Waals surface area (Å²) in [6.07, 6.45) is 0. The lowest BCUT2D eigenvalue weighted by molar-refractivity contribution is -0.124. The number of hydrogen-bond donors (Lipinski definition) is 2. The number of carbonyl (C=O) groups is 1. The van der Waals surface area contributed by atoms with Gasteiger partial charge in [-0.3, -0.25) is 4.79 Å². The molecule has 1 amide bonds. The fraction of sp³-hybridized carbons (Fsp3) is 0.500. The van der Waals surface area contributed by atoms with Crippen molar-refractivity contribution in [1.29, 1.82) is 0 Å². The number of rotatable bonds is 4. The Labute approximate surface area is 119 Å². The lowest BCUT2D eigenvalue weighted by Crippen LogP contribution is -2.43. The van der Waals surface area contributed by atoms with Gasteiger partial charge in [-0.15, -0.1) is 0 Å². The van der Waals surface area contributed by atoms with E-state index in [4.69, 9.17) is 22.1 Å². The maximum Gasteiger partial charge on any atom is 0.258 e. The highest BCUT2D eigenvalue weighted by atomic mass is 35.5. The second-order valence-corrected chi connectivity index (χ2v) is 5.99. The monoisotopic (exact) mass is 284 g/mol. The van der Waals surface area contributed by atoms with Crippen LogP contribution in [-0.4, -0.2) is 18.1 Å². The number of nitrogens with one attached hydrogen (secondary N) is 1. The minimum Gasteiger partial charge on any atom is -0.483 e. The smallest absolute Gasteiger partial charge is 0.258 e. The summed E-state index contributed by atoms with van der Waals surface area (Å²) in [7, 11) is 0. The fourth-order valence-electron chi connectivity index (χ4n) is 1.60. The molecule has 1 aromatic rings. The molecule has 0 aromatic heterocycles. The van der Waals surface area contributed by atoms with E-state index < -0.39 is 0 Å². The van der Waals surface area contributed by atoms with Crippen molar-refractivity contribution in [3.8, 4) is 5.75 Å². The molecule has 1 rings (SSSR count). The SMILES string of the molecule is C[C@H](N)c1cc(Cl)ccc1OCC(=O)NC(C)(C)C. The van der Waals surface area contributed by atoms with Crippen molar-refractivity contribution in [2.75, 3.05) is 6.61 Å². The molecule has 106 valence electrons. The average Bonchev–Trinajstić information content (AvgIpc) is 2.24. The van der Waals surface area contributed by atoms with E-state index in [1.165, 1.54) is 0 Å². The van der Waals surface area contributed by atoms with Crippen LogP contribution >= 0.6 is 11.6 Å². The maximum absolute atomic E-state index is 11.7. The molecule has 0 heterocycles. The molecule has 0 saturated carbocycles. The van der Waals surface area contributed by atoms with Gasteiger partial charge in [0.25, 0.3) is 5.91 Å². The zero-order valence-corrected chi connectivity index (χ0v) is 12.5. The van der Waals surface area contributed by atoms with E-state index in [0.29, 0.717) is 10.8 Å². The van der Waals surface area contributed by atoms with Gasteiger partial charge in [-0.1, -0.05) is 11.6 Å². The zero-order chi connectivity index (χ0) is 14.6. The van der Waals surface area contributed by atoms with Crippen LogP contribution in [-0.2, 0) is 4.79 Å². The Morgan fingerprint density at radius 2 is 2.11 bits per heavy atom. The molecule has 0 aliphatic rings. The van der Waals surface area contributed by atoms with Crippen LogP contribution in [0.15, 0.2) is 18.2 Å². The number of carbonyl (C=O) groups excluding carboxylic acids is 1. The predicted octanol–water partition coefficient (Wildman–Crippen LogP) is 2.65. The lowest BCUT2D eigenvalue weighted by atomic mass is 10.1. The van der Waals surface area contributed by atoms with E-state index in [-0.39, 0.29) is 24.1 Å². The van der Waals surface area contributed by atoms with Crippen molar-refractivity contribution >= 4 is 17.5 Å². The fourth-order valence-corrected chi connectivity index (χ4v) is 1.78. The molecule has 0 aliphatic heterocycles. The second kappa shape index (κ2) is 6.26. The van der Waals surface area contributed by atoms with E-state index in [0.717, 1.165) is 5.56 Å². The second-order valence-electron chi connectivity index (χ2n) is 5.56. The highest BCUT2D eigenvalue weighted by Crippen LogP contribution is 2.27. The van der Waals surface area contributed by atoms with E-state index in [1.54, 1.807) is 18.2 Å². The number of ether oxygens (including phenoxy) is 1. The van der Waals surface area contributed by atoms with Gasteiger partial charge in [0.2, 0.25) is 0 Å². The van der Waals surface area contributed by atoms with Crippen LogP contribution in [0.3, 0.4) is 0 Å². The van der Waals surface area contributed by atoms with Crippen molar-refractivity contribution in [3.05, 3.63) is 28.8 Å². The van der Waals surface area contributed by atoms with Gasteiger partial charge in [0, 0.05) is 22.2 Å². The first-order valence-electron chi connectivity index (χ1n) is 6.18. The normalized spacial score (nSPS) is 12.9. The topological polar surface area (TPSA) is 64.3 Å². The number of halogens is 1. The quantitative estimate of drug-likeness (QED) is 0.893. The molecule has 1 atom stereocenters. The van der Waals surface area contributed by atoms with E-state index in [1.807, 2.05) is 27.7 Å². The molecule has 19 heavy (non-hydrogen) atoms. The van der Waals surface area contributed by atoms with Crippen LogP contribution in [0, 0.1) is 0 Å². The molecule has 5 heteroatoms. The molecule has 0 aliphatic carbocycles. The molecule has 0 unspecified atom stereocenters. The lowest BCUT2D eigenvalue weighted by Gasteiger charge is -2.21. The Morgan fingerprint density at radius 3 is 2.63 bits per heavy atom. The summed E-state index contributed by atoms with van der Waals surface area (Å²) >= 11 is 5.92. The summed E-state index contributed by atoms with van der Waals surface area (Å²) in [6, 6.07) is 4.98. The number of amides is 1. The minimum atomic E-state index is -0.273. The summed E-state index contributed by atoms with van der Waals surface area (Å²) < 4.78 is 5.51. The Bertz CT molecular complexity index is 453. The molecule has 0 saturated heterocycles. The Hall–Kier alpha value is -1.26. The number of nitrogens with two attached hydrogens (primary N) is 1. The van der Waals surface area contributed by atoms with Crippen LogP contribution in [0.4, 0.5) is 0 Å². The standard InChI is InChI=1S/C14H21ClN2O2/c1-9(16)11-7-10(15)5-6-12(11)19-8-13(18)17-14(2,3)4/h5-7,9H,8,16H2,1-4H3,(H,17,18)/t9-/m0/s1. The minimum absolute atomic E-state index is 0.0430. The third-order valence-electron chi connectivity index (χ3n) is 2.34. The van der Waals surface area contributed by atoms with Gasteiger partial charge in [-0.2, -0.15) is 0 Å². The first-order chi connectivity index (χ1) is 8.69. The van der Waals surface area contributed by atoms with E-state index >= 15 is 0 Å². The van der Waals surface area contributed by atoms with Gasteiger partial charge in [-0.25, -0.2) is 0 Å².